The van der Waals surface area contributed by atoms with Crippen molar-refractivity contribution in [2.24, 2.45) is 11.7 Å². The van der Waals surface area contributed by atoms with Crippen LogP contribution in [0.1, 0.15) is 37.3 Å². The lowest BCUT2D eigenvalue weighted by molar-refractivity contribution is 0.0833. The van der Waals surface area contributed by atoms with Crippen LogP contribution >= 0.6 is 35.6 Å². The quantitative estimate of drug-likeness (QED) is 0.820. The van der Waals surface area contributed by atoms with Crippen molar-refractivity contribution in [2.75, 3.05) is 0 Å². The van der Waals surface area contributed by atoms with Crippen LogP contribution in [-0.4, -0.2) is 11.2 Å². The van der Waals surface area contributed by atoms with Crippen molar-refractivity contribution in [1.82, 2.24) is 0 Å². The van der Waals surface area contributed by atoms with Crippen molar-refractivity contribution < 1.29 is 9.50 Å². The van der Waals surface area contributed by atoms with Gasteiger partial charge < -0.3 is 10.8 Å². The molecule has 2 nitrogen and oxygen atoms in total. The van der Waals surface area contributed by atoms with E-state index in [0.29, 0.717) is 0 Å². The Morgan fingerprint density at radius 3 is 2.42 bits per heavy atom. The summed E-state index contributed by atoms with van der Waals surface area (Å²) in [5.41, 5.74) is 6.07. The molecule has 2 rings (SSSR count). The largest absolute Gasteiger partial charge is 0.391 e. The normalized spacial score (nSPS) is 19.0. The van der Waals surface area contributed by atoms with Crippen LogP contribution in [0.3, 0.4) is 0 Å². The van der Waals surface area contributed by atoms with Crippen LogP contribution in [0.5, 0.6) is 0 Å². The van der Waals surface area contributed by atoms with Crippen LogP contribution in [0.15, 0.2) is 12.1 Å². The van der Waals surface area contributed by atoms with Gasteiger partial charge in [0, 0.05) is 5.56 Å². The van der Waals surface area contributed by atoms with Crippen LogP contribution < -0.4 is 5.73 Å². The highest BCUT2D eigenvalue weighted by atomic mass is 35.5. The number of aliphatic hydroxyl groups is 1. The van der Waals surface area contributed by atoms with Crippen molar-refractivity contribution in [3.8, 4) is 0 Å². The number of nitrogens with two attached hydrogens (primary N) is 1. The molecule has 0 spiro atoms. The van der Waals surface area contributed by atoms with Crippen molar-refractivity contribution >= 4 is 35.6 Å². The predicted molar refractivity (Wildman–Crippen MR) is 78.6 cm³/mol. The number of benzene rings is 1. The molecule has 2 atom stereocenters. The van der Waals surface area contributed by atoms with Gasteiger partial charge in [0.1, 0.15) is 5.82 Å². The number of hydrogen-bond donors (Lipinski definition) is 2. The number of hydrogen-bond acceptors (Lipinski definition) is 2. The minimum Gasteiger partial charge on any atom is -0.391 e. The maximum atomic E-state index is 13.8. The molecule has 3 N–H and O–H groups in total. The first-order chi connectivity index (χ1) is 8.52. The minimum absolute atomic E-state index is 0. The third kappa shape index (κ3) is 3.53. The SMILES string of the molecule is Cl.N[C@H](c1c(F)ccc(Cl)c1Cl)[C@@H](O)C1CCCC1. The fourth-order valence-corrected chi connectivity index (χ4v) is 3.06. The van der Waals surface area contributed by atoms with Gasteiger partial charge in [0.25, 0.3) is 0 Å². The molecule has 1 aliphatic carbocycles. The lowest BCUT2D eigenvalue weighted by Crippen LogP contribution is -2.32. The maximum Gasteiger partial charge on any atom is 0.129 e. The lowest BCUT2D eigenvalue weighted by atomic mass is 9.90. The van der Waals surface area contributed by atoms with E-state index >= 15 is 0 Å². The summed E-state index contributed by atoms with van der Waals surface area (Å²) >= 11 is 11.8. The maximum absolute atomic E-state index is 13.8. The Balaban J connectivity index is 0.00000180. The summed E-state index contributed by atoms with van der Waals surface area (Å²) in [5.74, 6) is -0.400. The molecule has 0 unspecified atom stereocenters. The van der Waals surface area contributed by atoms with Gasteiger partial charge in [-0.15, -0.1) is 12.4 Å². The molecule has 1 saturated carbocycles. The van der Waals surface area contributed by atoms with Gasteiger partial charge in [-0.25, -0.2) is 4.39 Å². The van der Waals surface area contributed by atoms with E-state index < -0.39 is 18.0 Å². The molecule has 6 heteroatoms. The van der Waals surface area contributed by atoms with Crippen molar-refractivity contribution in [1.29, 1.82) is 0 Å². The van der Waals surface area contributed by atoms with Crippen LogP contribution in [0.2, 0.25) is 10.0 Å². The smallest absolute Gasteiger partial charge is 0.129 e. The molecule has 19 heavy (non-hydrogen) atoms. The van der Waals surface area contributed by atoms with E-state index in [0.717, 1.165) is 25.7 Å². The van der Waals surface area contributed by atoms with Gasteiger partial charge in [-0.1, -0.05) is 36.0 Å². The second kappa shape index (κ2) is 7.09. The van der Waals surface area contributed by atoms with Gasteiger partial charge in [-0.3, -0.25) is 0 Å². The zero-order valence-electron chi connectivity index (χ0n) is 10.3. The van der Waals surface area contributed by atoms with E-state index in [1.54, 1.807) is 0 Å². The van der Waals surface area contributed by atoms with Gasteiger partial charge in [0.05, 0.1) is 22.2 Å². The average Bonchev–Trinajstić information content (AvgIpc) is 2.87. The second-order valence-electron chi connectivity index (χ2n) is 4.82. The molecular formula is C13H17Cl3FNO. The highest BCUT2D eigenvalue weighted by Crippen LogP contribution is 2.37. The number of halogens is 4. The average molecular weight is 329 g/mol. The topological polar surface area (TPSA) is 46.2 Å². The summed E-state index contributed by atoms with van der Waals surface area (Å²) in [6, 6.07) is 1.78. The molecule has 108 valence electrons. The minimum atomic E-state index is -0.834. The fourth-order valence-electron chi connectivity index (χ4n) is 2.61. The summed E-state index contributed by atoms with van der Waals surface area (Å²) in [4.78, 5) is 0. The highest BCUT2D eigenvalue weighted by Gasteiger charge is 2.31. The Morgan fingerprint density at radius 1 is 1.26 bits per heavy atom. The molecule has 1 aromatic carbocycles. The van der Waals surface area contributed by atoms with Gasteiger partial charge in [-0.05, 0) is 30.9 Å². The van der Waals surface area contributed by atoms with E-state index in [4.69, 9.17) is 28.9 Å². The summed E-state index contributed by atoms with van der Waals surface area (Å²) in [5, 5.41) is 10.6. The van der Waals surface area contributed by atoms with Crippen molar-refractivity contribution in [3.05, 3.63) is 33.6 Å². The van der Waals surface area contributed by atoms with Gasteiger partial charge in [0.2, 0.25) is 0 Å². The van der Waals surface area contributed by atoms with Gasteiger partial charge in [-0.2, -0.15) is 0 Å². The zero-order valence-corrected chi connectivity index (χ0v) is 12.6. The summed E-state index contributed by atoms with van der Waals surface area (Å²) in [6.07, 6.45) is 3.24. The Bertz CT molecular complexity index is 438. The lowest BCUT2D eigenvalue weighted by Gasteiger charge is -2.25. The molecule has 0 aliphatic heterocycles. The first-order valence-corrected chi connectivity index (χ1v) is 6.85. The summed E-state index contributed by atoms with van der Waals surface area (Å²) in [6.45, 7) is 0. The first-order valence-electron chi connectivity index (χ1n) is 6.09. The van der Waals surface area contributed by atoms with Crippen LogP contribution in [0.25, 0.3) is 0 Å². The predicted octanol–water partition coefficient (Wildman–Crippen LogP) is 4.11. The number of aliphatic hydroxyl groups excluding tert-OH is 1. The monoisotopic (exact) mass is 327 g/mol. The zero-order chi connectivity index (χ0) is 13.3. The van der Waals surface area contributed by atoms with E-state index in [1.165, 1.54) is 12.1 Å². The van der Waals surface area contributed by atoms with Gasteiger partial charge in [0.15, 0.2) is 0 Å². The Labute approximate surface area is 128 Å². The van der Waals surface area contributed by atoms with E-state index in [9.17, 15) is 9.50 Å². The van der Waals surface area contributed by atoms with Crippen LogP contribution in [0.4, 0.5) is 4.39 Å². The first kappa shape index (κ1) is 17.0. The van der Waals surface area contributed by atoms with Gasteiger partial charge >= 0.3 is 0 Å². The van der Waals surface area contributed by atoms with E-state index in [-0.39, 0.29) is 33.9 Å². The molecule has 0 saturated heterocycles. The molecule has 1 fully saturated rings. The van der Waals surface area contributed by atoms with Crippen molar-refractivity contribution in [3.63, 3.8) is 0 Å². The molecule has 0 radical (unpaired) electrons. The fraction of sp³-hybridized carbons (Fsp3) is 0.538. The van der Waals surface area contributed by atoms with Crippen molar-refractivity contribution in [2.45, 2.75) is 37.8 Å². The van der Waals surface area contributed by atoms with Crippen LogP contribution in [-0.2, 0) is 0 Å². The molecule has 1 aliphatic rings. The second-order valence-corrected chi connectivity index (χ2v) is 5.60. The Morgan fingerprint density at radius 2 is 1.84 bits per heavy atom. The summed E-state index contributed by atoms with van der Waals surface area (Å²) < 4.78 is 13.8. The standard InChI is InChI=1S/C13H16Cl2FNO.ClH/c14-8-5-6-9(16)10(11(8)15)12(17)13(18)7-3-1-2-4-7;/h5-7,12-13,18H,1-4,17H2;1H/t12-,13+;/m1./s1. The van der Waals surface area contributed by atoms with Crippen LogP contribution in [0, 0.1) is 11.7 Å². The third-order valence-electron chi connectivity index (χ3n) is 3.66. The molecule has 0 amide bonds. The Kier molecular flexibility index (Phi) is 6.34. The molecular weight excluding hydrogens is 312 g/mol. The Hall–Kier alpha value is -0.0600. The molecule has 0 heterocycles. The number of rotatable bonds is 3. The van der Waals surface area contributed by atoms with E-state index in [2.05, 4.69) is 0 Å². The van der Waals surface area contributed by atoms with E-state index in [1.807, 2.05) is 0 Å². The molecule has 0 bridgehead atoms. The molecule has 1 aromatic rings. The molecule has 0 aromatic heterocycles. The summed E-state index contributed by atoms with van der Waals surface area (Å²) in [7, 11) is 0. The third-order valence-corrected chi connectivity index (χ3v) is 4.48. The highest BCUT2D eigenvalue weighted by molar-refractivity contribution is 6.42.